The molecule has 2 aromatic rings. The van der Waals surface area contributed by atoms with Crippen molar-refractivity contribution in [3.05, 3.63) is 52.6 Å². The summed E-state index contributed by atoms with van der Waals surface area (Å²) in [6, 6.07) is 1.47. The van der Waals surface area contributed by atoms with Gasteiger partial charge in [0.15, 0.2) is 5.82 Å². The summed E-state index contributed by atoms with van der Waals surface area (Å²) in [4.78, 5) is 18.2. The molecule has 1 aliphatic carbocycles. The van der Waals surface area contributed by atoms with Gasteiger partial charge in [-0.25, -0.2) is 14.2 Å². The molecule has 4 nitrogen and oxygen atoms in total. The van der Waals surface area contributed by atoms with Crippen molar-refractivity contribution >= 4 is 39.6 Å². The van der Waals surface area contributed by atoms with Crippen molar-refractivity contribution in [1.82, 2.24) is 9.97 Å². The number of fused-ring (bicyclic) bond motifs is 1. The zero-order valence-electron chi connectivity index (χ0n) is 13.3. The first-order valence-electron chi connectivity index (χ1n) is 7.86. The number of carbonyl (C=O) groups is 1. The Balaban J connectivity index is 1.81. The summed E-state index contributed by atoms with van der Waals surface area (Å²) in [6.45, 7) is 2.13. The second-order valence-corrected chi connectivity index (χ2v) is 7.66. The summed E-state index contributed by atoms with van der Waals surface area (Å²) in [5.74, 6) is -1.63. The molecule has 0 fully saturated rings. The molecule has 1 unspecified atom stereocenters. The first kappa shape index (κ1) is 17.1. The molecular formula is C18H18FIN2O2. The molecule has 0 saturated carbocycles. The Hall–Kier alpha value is -1.70. The Bertz CT molecular complexity index is 854. The van der Waals surface area contributed by atoms with Crippen LogP contribution in [0.25, 0.3) is 11.0 Å². The molecule has 1 atom stereocenters. The number of carboxylic acid groups (broad SMARTS) is 1. The van der Waals surface area contributed by atoms with Crippen molar-refractivity contribution in [2.24, 2.45) is 0 Å². The summed E-state index contributed by atoms with van der Waals surface area (Å²) in [5.41, 5.74) is 3.51. The lowest BCUT2D eigenvalue weighted by Crippen LogP contribution is -2.07. The predicted octanol–water partition coefficient (Wildman–Crippen LogP) is 4.80. The average molecular weight is 440 g/mol. The van der Waals surface area contributed by atoms with Crippen LogP contribution in [0.5, 0.6) is 0 Å². The molecule has 0 radical (unpaired) electrons. The van der Waals surface area contributed by atoms with E-state index >= 15 is 0 Å². The fourth-order valence-corrected chi connectivity index (χ4v) is 3.99. The highest BCUT2D eigenvalue weighted by atomic mass is 127. The summed E-state index contributed by atoms with van der Waals surface area (Å²) in [5, 5.41) is 9.38. The van der Waals surface area contributed by atoms with E-state index in [1.54, 1.807) is 0 Å². The van der Waals surface area contributed by atoms with E-state index in [4.69, 9.17) is 0 Å². The van der Waals surface area contributed by atoms with Gasteiger partial charge in [-0.15, -0.1) is 0 Å². The number of carboxylic acids is 1. The number of nitrogens with zero attached hydrogens (tertiary/aromatic N) is 1. The van der Waals surface area contributed by atoms with Crippen LogP contribution in [0, 0.1) is 5.82 Å². The van der Waals surface area contributed by atoms with Crippen LogP contribution in [0.15, 0.2) is 35.7 Å². The first-order chi connectivity index (χ1) is 11.5. The van der Waals surface area contributed by atoms with Crippen LogP contribution in [0.1, 0.15) is 42.1 Å². The molecule has 0 spiro atoms. The second-order valence-electron chi connectivity index (χ2n) is 6.06. The zero-order valence-corrected chi connectivity index (χ0v) is 15.4. The fraction of sp³-hybridized carbons (Fsp3) is 0.333. The average Bonchev–Trinajstić information content (AvgIpc) is 3.00. The van der Waals surface area contributed by atoms with Gasteiger partial charge >= 0.3 is 5.97 Å². The molecule has 0 amide bonds. The Morgan fingerprint density at radius 1 is 1.50 bits per heavy atom. The summed E-state index contributed by atoms with van der Waals surface area (Å²) in [7, 11) is 0. The number of aromatic amines is 1. The number of nitrogens with one attached hydrogen (secondary N) is 1. The quantitative estimate of drug-likeness (QED) is 0.519. The molecule has 0 saturated heterocycles. The van der Waals surface area contributed by atoms with Crippen LogP contribution < -0.4 is 0 Å². The standard InChI is InChI=1S/C18H18FIN2O2/c1-10-7-12(20)6-5-11(10)3-2-4-13-14(18(23)24)8-15-17(16(13)19)22-9-21-15/h5-6,8-9,12H,2-4,7H2,1H3,(H,21,22)(H,23,24). The van der Waals surface area contributed by atoms with Gasteiger partial charge < -0.3 is 10.1 Å². The molecule has 1 heterocycles. The molecule has 126 valence electrons. The Morgan fingerprint density at radius 3 is 3.00 bits per heavy atom. The predicted molar refractivity (Wildman–Crippen MR) is 100 cm³/mol. The summed E-state index contributed by atoms with van der Waals surface area (Å²) < 4.78 is 15.2. The van der Waals surface area contributed by atoms with Crippen LogP contribution in [-0.4, -0.2) is 25.0 Å². The monoisotopic (exact) mass is 440 g/mol. The molecule has 1 aromatic carbocycles. The largest absolute Gasteiger partial charge is 0.478 e. The second kappa shape index (κ2) is 7.04. The molecular weight excluding hydrogens is 422 g/mol. The van der Waals surface area contributed by atoms with Crippen molar-refractivity contribution in [2.75, 3.05) is 0 Å². The number of aromatic carboxylic acids is 1. The van der Waals surface area contributed by atoms with Gasteiger partial charge in [0.2, 0.25) is 0 Å². The smallest absolute Gasteiger partial charge is 0.336 e. The van der Waals surface area contributed by atoms with Gasteiger partial charge in [0.1, 0.15) is 5.52 Å². The Labute approximate surface area is 153 Å². The van der Waals surface area contributed by atoms with Crippen molar-refractivity contribution < 1.29 is 14.3 Å². The number of aromatic nitrogens is 2. The number of allylic oxidation sites excluding steroid dienone is 4. The van der Waals surface area contributed by atoms with E-state index in [1.165, 1.54) is 23.5 Å². The van der Waals surface area contributed by atoms with Crippen molar-refractivity contribution in [1.29, 1.82) is 0 Å². The van der Waals surface area contributed by atoms with E-state index in [0.29, 0.717) is 22.3 Å². The Morgan fingerprint density at radius 2 is 2.29 bits per heavy atom. The normalized spacial score (nSPS) is 17.7. The van der Waals surface area contributed by atoms with Gasteiger partial charge in [0.05, 0.1) is 17.4 Å². The number of H-pyrrole nitrogens is 1. The molecule has 1 aromatic heterocycles. The third kappa shape index (κ3) is 3.38. The molecule has 1 aliphatic rings. The van der Waals surface area contributed by atoms with Crippen molar-refractivity contribution in [3.8, 4) is 0 Å². The number of imidazole rings is 1. The van der Waals surface area contributed by atoms with E-state index in [9.17, 15) is 14.3 Å². The molecule has 3 rings (SSSR count). The summed E-state index contributed by atoms with van der Waals surface area (Å²) in [6.07, 6.45) is 8.65. The first-order valence-corrected chi connectivity index (χ1v) is 9.10. The topological polar surface area (TPSA) is 66.0 Å². The van der Waals surface area contributed by atoms with Crippen LogP contribution in [0.3, 0.4) is 0 Å². The maximum absolute atomic E-state index is 14.6. The third-order valence-electron chi connectivity index (χ3n) is 4.41. The van der Waals surface area contributed by atoms with E-state index in [-0.39, 0.29) is 16.6 Å². The number of hydrogen-bond acceptors (Lipinski definition) is 2. The lowest BCUT2D eigenvalue weighted by molar-refractivity contribution is 0.0695. The van der Waals surface area contributed by atoms with Gasteiger partial charge in [-0.05, 0) is 44.2 Å². The molecule has 0 aliphatic heterocycles. The molecule has 24 heavy (non-hydrogen) atoms. The highest BCUT2D eigenvalue weighted by Crippen LogP contribution is 2.28. The zero-order chi connectivity index (χ0) is 17.3. The highest BCUT2D eigenvalue weighted by molar-refractivity contribution is 14.1. The van der Waals surface area contributed by atoms with Crippen LogP contribution >= 0.6 is 22.6 Å². The maximum atomic E-state index is 14.6. The van der Waals surface area contributed by atoms with Gasteiger partial charge in [-0.2, -0.15) is 0 Å². The third-order valence-corrected chi connectivity index (χ3v) is 5.27. The minimum atomic E-state index is -1.11. The maximum Gasteiger partial charge on any atom is 0.336 e. The van der Waals surface area contributed by atoms with Gasteiger partial charge in [0, 0.05) is 9.49 Å². The number of benzene rings is 1. The van der Waals surface area contributed by atoms with Crippen molar-refractivity contribution in [3.63, 3.8) is 0 Å². The molecule has 2 N–H and O–H groups in total. The van der Waals surface area contributed by atoms with E-state index in [1.807, 2.05) is 0 Å². The summed E-state index contributed by atoms with van der Waals surface area (Å²) >= 11 is 2.41. The minimum Gasteiger partial charge on any atom is -0.478 e. The SMILES string of the molecule is CC1=C(CCCc2c(C(=O)O)cc3[nH]cnc3c2F)C=CC(I)C1. The lowest BCUT2D eigenvalue weighted by Gasteiger charge is -2.16. The van der Waals surface area contributed by atoms with Crippen LogP contribution in [-0.2, 0) is 6.42 Å². The highest BCUT2D eigenvalue weighted by Gasteiger charge is 2.19. The number of hydrogen-bond donors (Lipinski definition) is 2. The van der Waals surface area contributed by atoms with E-state index in [0.717, 1.165) is 12.8 Å². The van der Waals surface area contributed by atoms with E-state index in [2.05, 4.69) is 51.6 Å². The lowest BCUT2D eigenvalue weighted by atomic mass is 9.93. The minimum absolute atomic E-state index is 0.0152. The fourth-order valence-electron chi connectivity index (χ4n) is 3.12. The van der Waals surface area contributed by atoms with E-state index < -0.39 is 11.8 Å². The number of halogens is 2. The van der Waals surface area contributed by atoms with Gasteiger partial charge in [-0.1, -0.05) is 40.3 Å². The van der Waals surface area contributed by atoms with Crippen LogP contribution in [0.4, 0.5) is 4.39 Å². The Kier molecular flexibility index (Phi) is 5.03. The number of rotatable bonds is 5. The van der Waals surface area contributed by atoms with Gasteiger partial charge in [0.25, 0.3) is 0 Å². The number of alkyl halides is 1. The molecule has 0 bridgehead atoms. The van der Waals surface area contributed by atoms with Gasteiger partial charge in [-0.3, -0.25) is 0 Å². The van der Waals surface area contributed by atoms with Crippen molar-refractivity contribution in [2.45, 2.75) is 36.5 Å². The van der Waals surface area contributed by atoms with Crippen LogP contribution in [0.2, 0.25) is 0 Å². The molecule has 6 heteroatoms.